The maximum Gasteiger partial charge on any atom is 0.416 e. The summed E-state index contributed by atoms with van der Waals surface area (Å²) in [6.07, 6.45) is -3.16. The second-order valence-electron chi connectivity index (χ2n) is 5.48. The van der Waals surface area contributed by atoms with Crippen molar-refractivity contribution in [2.45, 2.75) is 19.6 Å². The first-order chi connectivity index (χ1) is 11.8. The lowest BCUT2D eigenvalue weighted by molar-refractivity contribution is -0.138. The predicted octanol–water partition coefficient (Wildman–Crippen LogP) is 2.05. The average Bonchev–Trinajstić information content (AvgIpc) is 2.54. The van der Waals surface area contributed by atoms with Gasteiger partial charge in [-0.3, -0.25) is 4.79 Å². The monoisotopic (exact) mass is 344 g/mol. The van der Waals surface area contributed by atoms with Gasteiger partial charge in [0.1, 0.15) is 25.6 Å². The predicted molar refractivity (Wildman–Crippen MR) is 89.1 cm³/mol. The van der Waals surface area contributed by atoms with Crippen molar-refractivity contribution in [3.05, 3.63) is 57.6 Å². The van der Waals surface area contributed by atoms with Gasteiger partial charge in [0.2, 0.25) is 5.56 Å². The summed E-state index contributed by atoms with van der Waals surface area (Å²) in [5.74, 6) is 0.366. The largest absolute Gasteiger partial charge is 0.416 e. The molecule has 2 radical (unpaired) electrons. The molecule has 25 heavy (non-hydrogen) atoms. The normalized spacial score (nSPS) is 11.7. The summed E-state index contributed by atoms with van der Waals surface area (Å²) >= 11 is 0. The van der Waals surface area contributed by atoms with Crippen LogP contribution in [0.25, 0.3) is 11.0 Å². The fourth-order valence-corrected chi connectivity index (χ4v) is 2.53. The van der Waals surface area contributed by atoms with Gasteiger partial charge in [-0.1, -0.05) is 12.1 Å². The van der Waals surface area contributed by atoms with Crippen LogP contribution in [-0.4, -0.2) is 22.8 Å². The van der Waals surface area contributed by atoms with Gasteiger partial charge in [-0.05, 0) is 35.6 Å². The SMILES string of the molecule is [B]c1cc2c(NCc3cccc(C(F)(F)F)c3C)ncnc2[nH]c1=O. The zero-order valence-electron chi connectivity index (χ0n) is 13.1. The molecular formula is C16H12BF3N4O. The minimum Gasteiger partial charge on any atom is -0.365 e. The fourth-order valence-electron chi connectivity index (χ4n) is 2.53. The van der Waals surface area contributed by atoms with Crippen LogP contribution in [0.15, 0.2) is 35.4 Å². The Morgan fingerprint density at radius 2 is 2.04 bits per heavy atom. The van der Waals surface area contributed by atoms with Gasteiger partial charge in [0, 0.05) is 6.54 Å². The molecular weight excluding hydrogens is 332 g/mol. The standard InChI is InChI=1S/C16H12BF3N4O/c1-8-9(3-2-4-11(8)16(18,19)20)6-21-13-10-5-12(17)15(25)24-14(10)23-7-22-13/h2-5,7H,6H2,1H3,(H2,21,22,23,24,25). The van der Waals surface area contributed by atoms with Crippen molar-refractivity contribution in [2.75, 3.05) is 5.32 Å². The van der Waals surface area contributed by atoms with E-state index in [9.17, 15) is 18.0 Å². The zero-order valence-corrected chi connectivity index (χ0v) is 13.1. The molecule has 1 aromatic carbocycles. The Morgan fingerprint density at radius 1 is 1.28 bits per heavy atom. The van der Waals surface area contributed by atoms with Crippen molar-refractivity contribution in [3.63, 3.8) is 0 Å². The number of nitrogens with one attached hydrogen (secondary N) is 2. The summed E-state index contributed by atoms with van der Waals surface area (Å²) < 4.78 is 39.0. The van der Waals surface area contributed by atoms with Crippen LogP contribution in [0.3, 0.4) is 0 Å². The first-order valence-corrected chi connectivity index (χ1v) is 7.30. The number of aromatic amines is 1. The molecule has 0 aliphatic heterocycles. The number of alkyl halides is 3. The van der Waals surface area contributed by atoms with Crippen LogP contribution in [0, 0.1) is 6.92 Å². The molecule has 2 N–H and O–H groups in total. The molecule has 0 unspecified atom stereocenters. The van der Waals surface area contributed by atoms with E-state index in [0.29, 0.717) is 16.8 Å². The van der Waals surface area contributed by atoms with Crippen LogP contribution >= 0.6 is 0 Å². The lowest BCUT2D eigenvalue weighted by Gasteiger charge is -2.15. The third kappa shape index (κ3) is 3.35. The molecule has 2 aromatic heterocycles. The number of rotatable bonds is 3. The molecule has 9 heteroatoms. The maximum absolute atomic E-state index is 13.0. The molecule has 0 amide bonds. The molecule has 0 saturated carbocycles. The highest BCUT2D eigenvalue weighted by atomic mass is 19.4. The molecule has 0 bridgehead atoms. The Balaban J connectivity index is 1.94. The average molecular weight is 344 g/mol. The molecule has 126 valence electrons. The Kier molecular flexibility index (Phi) is 4.24. The second-order valence-corrected chi connectivity index (χ2v) is 5.48. The van der Waals surface area contributed by atoms with E-state index in [1.54, 1.807) is 6.07 Å². The molecule has 2 heterocycles. The van der Waals surface area contributed by atoms with Gasteiger partial charge in [-0.2, -0.15) is 13.2 Å². The minimum atomic E-state index is -4.41. The number of aromatic nitrogens is 3. The van der Waals surface area contributed by atoms with Gasteiger partial charge in [0.25, 0.3) is 0 Å². The molecule has 0 atom stereocenters. The molecule has 0 aliphatic carbocycles. The number of nitrogens with zero attached hydrogens (tertiary/aromatic N) is 2. The Morgan fingerprint density at radius 3 is 2.76 bits per heavy atom. The van der Waals surface area contributed by atoms with E-state index in [2.05, 4.69) is 20.3 Å². The number of H-pyrrole nitrogens is 1. The molecule has 0 aliphatic rings. The third-order valence-electron chi connectivity index (χ3n) is 3.88. The second kappa shape index (κ2) is 6.23. The van der Waals surface area contributed by atoms with Crippen LogP contribution in [0.1, 0.15) is 16.7 Å². The van der Waals surface area contributed by atoms with E-state index in [4.69, 9.17) is 7.85 Å². The highest BCUT2D eigenvalue weighted by Gasteiger charge is 2.32. The van der Waals surface area contributed by atoms with Gasteiger partial charge in [-0.25, -0.2) is 9.97 Å². The van der Waals surface area contributed by atoms with Gasteiger partial charge in [0.15, 0.2) is 0 Å². The summed E-state index contributed by atoms with van der Waals surface area (Å²) in [6.45, 7) is 1.55. The van der Waals surface area contributed by atoms with Crippen LogP contribution in [-0.2, 0) is 12.7 Å². The van der Waals surface area contributed by atoms with E-state index in [1.165, 1.54) is 25.4 Å². The fraction of sp³-hybridized carbons (Fsp3) is 0.188. The Labute approximate surface area is 141 Å². The van der Waals surface area contributed by atoms with Crippen molar-refractivity contribution < 1.29 is 13.2 Å². The first-order valence-electron chi connectivity index (χ1n) is 7.30. The molecule has 0 spiro atoms. The minimum absolute atomic E-state index is 0.000555. The number of benzene rings is 1. The van der Waals surface area contributed by atoms with Crippen molar-refractivity contribution in [1.82, 2.24) is 15.0 Å². The Bertz CT molecular complexity index is 1000. The lowest BCUT2D eigenvalue weighted by atomic mass is 9.97. The van der Waals surface area contributed by atoms with Gasteiger partial charge >= 0.3 is 6.18 Å². The van der Waals surface area contributed by atoms with Crippen LogP contribution < -0.4 is 16.3 Å². The molecule has 3 rings (SSSR count). The number of hydrogen-bond acceptors (Lipinski definition) is 4. The van der Waals surface area contributed by atoms with Gasteiger partial charge in [0.05, 0.1) is 10.9 Å². The van der Waals surface area contributed by atoms with Gasteiger partial charge < -0.3 is 10.3 Å². The maximum atomic E-state index is 13.0. The highest BCUT2D eigenvalue weighted by molar-refractivity contribution is 6.32. The quantitative estimate of drug-likeness (QED) is 0.714. The van der Waals surface area contributed by atoms with E-state index >= 15 is 0 Å². The molecule has 0 fully saturated rings. The van der Waals surface area contributed by atoms with Crippen molar-refractivity contribution in [1.29, 1.82) is 0 Å². The van der Waals surface area contributed by atoms with Crippen LogP contribution in [0.4, 0.5) is 19.0 Å². The van der Waals surface area contributed by atoms with E-state index in [-0.39, 0.29) is 23.2 Å². The van der Waals surface area contributed by atoms with Crippen LogP contribution in [0.5, 0.6) is 0 Å². The summed E-state index contributed by atoms with van der Waals surface area (Å²) in [5, 5.41) is 3.45. The van der Waals surface area contributed by atoms with E-state index in [0.717, 1.165) is 6.07 Å². The summed E-state index contributed by atoms with van der Waals surface area (Å²) in [5.41, 5.74) is -0.218. The van der Waals surface area contributed by atoms with Crippen molar-refractivity contribution in [3.8, 4) is 0 Å². The van der Waals surface area contributed by atoms with Crippen molar-refractivity contribution >= 4 is 30.2 Å². The Hall–Kier alpha value is -2.84. The molecule has 3 aromatic rings. The summed E-state index contributed by atoms with van der Waals surface area (Å²) in [6, 6.07) is 5.44. The third-order valence-corrected chi connectivity index (χ3v) is 3.88. The number of anilines is 1. The first kappa shape index (κ1) is 17.0. The summed E-state index contributed by atoms with van der Waals surface area (Å²) in [7, 11) is 5.60. The molecule has 5 nitrogen and oxygen atoms in total. The highest BCUT2D eigenvalue weighted by Crippen LogP contribution is 2.33. The summed E-state index contributed by atoms with van der Waals surface area (Å²) in [4.78, 5) is 22.1. The topological polar surface area (TPSA) is 70.7 Å². The van der Waals surface area contributed by atoms with E-state index < -0.39 is 17.3 Å². The number of fused-ring (bicyclic) bond motifs is 1. The van der Waals surface area contributed by atoms with E-state index in [1.807, 2.05) is 0 Å². The smallest absolute Gasteiger partial charge is 0.365 e. The van der Waals surface area contributed by atoms with Gasteiger partial charge in [-0.15, -0.1) is 0 Å². The number of hydrogen-bond donors (Lipinski definition) is 2. The van der Waals surface area contributed by atoms with Crippen LogP contribution in [0.2, 0.25) is 0 Å². The number of pyridine rings is 1. The number of halogens is 3. The lowest BCUT2D eigenvalue weighted by Crippen LogP contribution is -2.27. The van der Waals surface area contributed by atoms with Crippen molar-refractivity contribution in [2.24, 2.45) is 0 Å². The zero-order chi connectivity index (χ0) is 18.2. The molecule has 0 saturated heterocycles.